The fraction of sp³-hybridized carbons (Fsp3) is 0.690. The smallest absolute Gasteiger partial charge is 0.253 e. The summed E-state index contributed by atoms with van der Waals surface area (Å²) in [5, 5.41) is 0. The molecule has 1 aromatic rings. The van der Waals surface area contributed by atoms with Gasteiger partial charge in [-0.05, 0) is 106 Å². The summed E-state index contributed by atoms with van der Waals surface area (Å²) < 4.78 is 0. The van der Waals surface area contributed by atoms with Crippen LogP contribution in [0.3, 0.4) is 0 Å². The molecule has 1 aromatic carbocycles. The van der Waals surface area contributed by atoms with Crippen molar-refractivity contribution in [2.75, 3.05) is 26.2 Å². The average Bonchev–Trinajstić information content (AvgIpc) is 2.78. The number of hydrogen-bond acceptors (Lipinski definition) is 2. The van der Waals surface area contributed by atoms with E-state index < -0.39 is 0 Å². The summed E-state index contributed by atoms with van der Waals surface area (Å²) in [5.41, 5.74) is 6.12. The van der Waals surface area contributed by atoms with Gasteiger partial charge in [0.25, 0.3) is 5.91 Å². The molecule has 1 aliphatic heterocycles. The Morgan fingerprint density at radius 2 is 1.72 bits per heavy atom. The van der Waals surface area contributed by atoms with Crippen LogP contribution in [0.5, 0.6) is 0 Å². The van der Waals surface area contributed by atoms with Crippen LogP contribution < -0.4 is 0 Å². The molecule has 2 rings (SSSR count). The lowest BCUT2D eigenvalue weighted by Crippen LogP contribution is -2.43. The van der Waals surface area contributed by atoms with Gasteiger partial charge < -0.3 is 9.80 Å². The number of carbonyl (C=O) groups excluding carboxylic acids is 1. The third kappa shape index (κ3) is 6.94. The van der Waals surface area contributed by atoms with Crippen molar-refractivity contribution < 1.29 is 4.79 Å². The second-order valence-corrected chi connectivity index (χ2v) is 9.86. The number of hydrogen-bond donors (Lipinski definition) is 0. The van der Waals surface area contributed by atoms with Gasteiger partial charge in [-0.15, -0.1) is 0 Å². The van der Waals surface area contributed by atoms with Gasteiger partial charge in [0.15, 0.2) is 0 Å². The highest BCUT2D eigenvalue weighted by Crippen LogP contribution is 2.29. The quantitative estimate of drug-likeness (QED) is 0.361. The number of amides is 1. The van der Waals surface area contributed by atoms with Crippen LogP contribution in [0.1, 0.15) is 107 Å². The molecule has 180 valence electrons. The van der Waals surface area contributed by atoms with Crippen LogP contribution in [0.25, 0.3) is 5.57 Å². The van der Waals surface area contributed by atoms with Crippen LogP contribution in [0, 0.1) is 19.8 Å². The van der Waals surface area contributed by atoms with Gasteiger partial charge >= 0.3 is 0 Å². The maximum atomic E-state index is 13.3. The molecule has 0 N–H and O–H groups in total. The van der Waals surface area contributed by atoms with E-state index in [1.54, 1.807) is 0 Å². The molecule has 0 saturated carbocycles. The lowest BCUT2D eigenvalue weighted by molar-refractivity contribution is 0.0650. The van der Waals surface area contributed by atoms with E-state index in [1.165, 1.54) is 48.2 Å². The van der Waals surface area contributed by atoms with E-state index in [2.05, 4.69) is 76.5 Å². The van der Waals surface area contributed by atoms with Gasteiger partial charge in [-0.25, -0.2) is 0 Å². The van der Waals surface area contributed by atoms with E-state index in [0.29, 0.717) is 12.0 Å². The maximum absolute atomic E-state index is 13.3. The van der Waals surface area contributed by atoms with E-state index in [4.69, 9.17) is 0 Å². The number of nitrogens with zero attached hydrogens (tertiary/aromatic N) is 2. The molecular formula is C29H48N2O. The molecule has 1 heterocycles. The highest BCUT2D eigenvalue weighted by atomic mass is 16.2. The Morgan fingerprint density at radius 3 is 2.22 bits per heavy atom. The molecule has 1 amide bonds. The molecule has 0 aromatic heterocycles. The molecule has 0 radical (unpaired) electrons. The van der Waals surface area contributed by atoms with Crippen molar-refractivity contribution in [2.45, 2.75) is 99.5 Å². The van der Waals surface area contributed by atoms with Crippen LogP contribution in [-0.4, -0.2) is 47.9 Å². The summed E-state index contributed by atoms with van der Waals surface area (Å²) in [5.74, 6) is 0.922. The number of likely N-dealkylation sites (tertiary alicyclic amines) is 1. The van der Waals surface area contributed by atoms with Gasteiger partial charge in [0.1, 0.15) is 0 Å². The SMILES string of the molecule is CC/C=C(\CCC)c1c(C)cc(C(=O)N2CCC(CN(CCC)C(C)CC)CC2)cc1C. The average molecular weight is 441 g/mol. The lowest BCUT2D eigenvalue weighted by Gasteiger charge is -2.37. The van der Waals surface area contributed by atoms with Gasteiger partial charge in [0, 0.05) is 31.2 Å². The lowest BCUT2D eigenvalue weighted by atomic mass is 9.90. The number of benzene rings is 1. The second kappa shape index (κ2) is 13.2. The zero-order chi connectivity index (χ0) is 23.7. The fourth-order valence-electron chi connectivity index (χ4n) is 5.31. The molecule has 1 saturated heterocycles. The Kier molecular flexibility index (Phi) is 11.0. The molecule has 1 aliphatic rings. The Morgan fingerprint density at radius 1 is 1.09 bits per heavy atom. The maximum Gasteiger partial charge on any atom is 0.253 e. The molecule has 0 aliphatic carbocycles. The molecule has 0 bridgehead atoms. The molecule has 3 nitrogen and oxygen atoms in total. The summed E-state index contributed by atoms with van der Waals surface area (Å²) in [7, 11) is 0. The molecule has 1 unspecified atom stereocenters. The van der Waals surface area contributed by atoms with Crippen molar-refractivity contribution in [3.8, 4) is 0 Å². The van der Waals surface area contributed by atoms with Gasteiger partial charge in [-0.3, -0.25) is 4.79 Å². The molecule has 32 heavy (non-hydrogen) atoms. The van der Waals surface area contributed by atoms with Crippen molar-refractivity contribution in [1.82, 2.24) is 9.80 Å². The number of piperidine rings is 1. The van der Waals surface area contributed by atoms with E-state index >= 15 is 0 Å². The van der Waals surface area contributed by atoms with Crippen molar-refractivity contribution in [3.05, 3.63) is 40.5 Å². The number of aryl methyl sites for hydroxylation is 2. The minimum absolute atomic E-state index is 0.213. The summed E-state index contributed by atoms with van der Waals surface area (Å²) in [6.07, 6.45) is 10.3. The summed E-state index contributed by atoms with van der Waals surface area (Å²) in [6, 6.07) is 4.90. The molecule has 1 atom stereocenters. The zero-order valence-electron chi connectivity index (χ0n) is 22.0. The Balaban J connectivity index is 2.06. The largest absolute Gasteiger partial charge is 0.339 e. The van der Waals surface area contributed by atoms with Crippen molar-refractivity contribution in [1.29, 1.82) is 0 Å². The van der Waals surface area contributed by atoms with E-state index in [9.17, 15) is 4.79 Å². The first kappa shape index (κ1) is 26.6. The molecule has 1 fully saturated rings. The Bertz CT molecular complexity index is 735. The second-order valence-electron chi connectivity index (χ2n) is 9.86. The van der Waals surface area contributed by atoms with Gasteiger partial charge in [0.05, 0.1) is 0 Å². The first-order valence-electron chi connectivity index (χ1n) is 13.2. The van der Waals surface area contributed by atoms with Crippen LogP contribution in [-0.2, 0) is 0 Å². The minimum Gasteiger partial charge on any atom is -0.339 e. The first-order valence-corrected chi connectivity index (χ1v) is 13.2. The topological polar surface area (TPSA) is 23.6 Å². The summed E-state index contributed by atoms with van der Waals surface area (Å²) in [6.45, 7) is 19.8. The summed E-state index contributed by atoms with van der Waals surface area (Å²) >= 11 is 0. The summed E-state index contributed by atoms with van der Waals surface area (Å²) in [4.78, 5) is 18.1. The minimum atomic E-state index is 0.213. The van der Waals surface area contributed by atoms with Crippen molar-refractivity contribution in [2.24, 2.45) is 5.92 Å². The predicted octanol–water partition coefficient (Wildman–Crippen LogP) is 7.26. The van der Waals surface area contributed by atoms with E-state index in [-0.39, 0.29) is 5.91 Å². The van der Waals surface area contributed by atoms with Gasteiger partial charge in [-0.1, -0.05) is 40.2 Å². The molecular weight excluding hydrogens is 392 g/mol. The number of allylic oxidation sites excluding steroid dienone is 2. The number of rotatable bonds is 11. The Hall–Kier alpha value is -1.61. The highest BCUT2D eigenvalue weighted by Gasteiger charge is 2.26. The fourth-order valence-corrected chi connectivity index (χ4v) is 5.31. The molecule has 3 heteroatoms. The van der Waals surface area contributed by atoms with Gasteiger partial charge in [0.2, 0.25) is 0 Å². The van der Waals surface area contributed by atoms with E-state index in [1.807, 2.05) is 0 Å². The van der Waals surface area contributed by atoms with E-state index in [0.717, 1.165) is 50.8 Å². The Labute approximate surface area is 198 Å². The normalized spacial score (nSPS) is 16.6. The van der Waals surface area contributed by atoms with Crippen LogP contribution in [0.15, 0.2) is 18.2 Å². The third-order valence-corrected chi connectivity index (χ3v) is 7.19. The zero-order valence-corrected chi connectivity index (χ0v) is 22.0. The van der Waals surface area contributed by atoms with Crippen LogP contribution in [0.2, 0.25) is 0 Å². The highest BCUT2D eigenvalue weighted by molar-refractivity contribution is 5.95. The van der Waals surface area contributed by atoms with Crippen LogP contribution in [0.4, 0.5) is 0 Å². The first-order chi connectivity index (χ1) is 15.4. The number of carbonyl (C=O) groups is 1. The van der Waals surface area contributed by atoms with Crippen LogP contribution >= 0.6 is 0 Å². The monoisotopic (exact) mass is 440 g/mol. The predicted molar refractivity (Wildman–Crippen MR) is 139 cm³/mol. The van der Waals surface area contributed by atoms with Crippen molar-refractivity contribution in [3.63, 3.8) is 0 Å². The van der Waals surface area contributed by atoms with Gasteiger partial charge in [-0.2, -0.15) is 0 Å². The molecule has 0 spiro atoms. The van der Waals surface area contributed by atoms with Crippen molar-refractivity contribution >= 4 is 11.5 Å². The standard InChI is InChI=1S/C29H48N2O/c1-8-12-26(13-9-2)28-22(5)19-27(20-23(28)6)29(32)30-17-14-25(15-18-30)21-31(16-10-3)24(7)11-4/h12,19-20,24-25H,8-11,13-18,21H2,1-7H3/b26-12+. The third-order valence-electron chi connectivity index (χ3n) is 7.19.